The molecule has 0 unspecified atom stereocenters. The zero-order valence-corrected chi connectivity index (χ0v) is 12.0. The fraction of sp³-hybridized carbons (Fsp3) is 0.533. The molecule has 0 fully saturated rings. The van der Waals surface area contributed by atoms with E-state index >= 15 is 0 Å². The minimum atomic E-state index is -0.0839. The first-order chi connectivity index (χ1) is 8.44. The van der Waals surface area contributed by atoms with Gasteiger partial charge in [0.1, 0.15) is 0 Å². The van der Waals surface area contributed by atoms with E-state index in [4.69, 9.17) is 11.6 Å². The quantitative estimate of drug-likeness (QED) is 0.828. The Morgan fingerprint density at radius 1 is 1.39 bits per heavy atom. The maximum atomic E-state index is 11.7. The highest BCUT2D eigenvalue weighted by molar-refractivity contribution is 6.17. The van der Waals surface area contributed by atoms with Gasteiger partial charge >= 0.3 is 0 Å². The van der Waals surface area contributed by atoms with E-state index in [1.54, 1.807) is 0 Å². The summed E-state index contributed by atoms with van der Waals surface area (Å²) in [6.45, 7) is 6.33. The second-order valence-corrected chi connectivity index (χ2v) is 6.11. The molecule has 18 heavy (non-hydrogen) atoms. The van der Waals surface area contributed by atoms with E-state index in [1.807, 2.05) is 0 Å². The average Bonchev–Trinajstić information content (AvgIpc) is 2.27. The molecule has 0 aromatic heterocycles. The summed E-state index contributed by atoms with van der Waals surface area (Å²) >= 11 is 5.75. The predicted molar refractivity (Wildman–Crippen MR) is 76.5 cm³/mol. The van der Waals surface area contributed by atoms with Crippen LogP contribution in [0.15, 0.2) is 12.1 Å². The summed E-state index contributed by atoms with van der Waals surface area (Å²) in [5, 5.41) is 3.00. The van der Waals surface area contributed by atoms with Gasteiger partial charge in [0.25, 0.3) is 0 Å². The zero-order chi connectivity index (χ0) is 13.3. The van der Waals surface area contributed by atoms with E-state index in [0.29, 0.717) is 12.3 Å². The molecule has 0 bridgehead atoms. The Bertz CT molecular complexity index is 480. The molecule has 1 aromatic rings. The summed E-state index contributed by atoms with van der Waals surface area (Å²) in [6, 6.07) is 4.39. The monoisotopic (exact) mass is 265 g/mol. The van der Waals surface area contributed by atoms with Crippen LogP contribution in [-0.2, 0) is 16.6 Å². The Morgan fingerprint density at radius 3 is 2.78 bits per heavy atom. The van der Waals surface area contributed by atoms with Crippen molar-refractivity contribution in [2.24, 2.45) is 0 Å². The number of aryl methyl sites for hydroxylation is 2. The lowest BCUT2D eigenvalue weighted by Crippen LogP contribution is -2.33. The van der Waals surface area contributed by atoms with E-state index in [1.165, 1.54) is 11.1 Å². The lowest BCUT2D eigenvalue weighted by molar-refractivity contribution is -0.117. The van der Waals surface area contributed by atoms with Gasteiger partial charge in [-0.2, -0.15) is 0 Å². The number of benzene rings is 1. The van der Waals surface area contributed by atoms with Crippen LogP contribution in [-0.4, -0.2) is 11.8 Å². The maximum Gasteiger partial charge on any atom is 0.225 e. The molecule has 1 heterocycles. The Balaban J connectivity index is 2.44. The molecule has 0 aliphatic carbocycles. The first-order valence-corrected chi connectivity index (χ1v) is 6.97. The van der Waals surface area contributed by atoms with Crippen LogP contribution in [0.3, 0.4) is 0 Å². The molecule has 0 saturated heterocycles. The molecule has 1 aromatic carbocycles. The summed E-state index contributed by atoms with van der Waals surface area (Å²) in [4.78, 5) is 11.7. The SMILES string of the molecule is Cc1cc(CCCCl)cc2c1NC(=O)CC2(C)C. The maximum absolute atomic E-state index is 11.7. The van der Waals surface area contributed by atoms with Gasteiger partial charge in [-0.3, -0.25) is 4.79 Å². The molecule has 3 heteroatoms. The molecule has 2 nitrogen and oxygen atoms in total. The Kier molecular flexibility index (Phi) is 3.67. The normalized spacial score (nSPS) is 17.2. The van der Waals surface area contributed by atoms with Gasteiger partial charge in [-0.05, 0) is 36.5 Å². The van der Waals surface area contributed by atoms with Crippen molar-refractivity contribution in [1.29, 1.82) is 0 Å². The number of alkyl halides is 1. The largest absolute Gasteiger partial charge is 0.326 e. The molecule has 2 rings (SSSR count). The fourth-order valence-electron chi connectivity index (χ4n) is 2.66. The van der Waals surface area contributed by atoms with Crippen LogP contribution < -0.4 is 5.32 Å². The van der Waals surface area contributed by atoms with Crippen molar-refractivity contribution in [1.82, 2.24) is 0 Å². The van der Waals surface area contributed by atoms with E-state index in [2.05, 4.69) is 38.2 Å². The molecule has 0 saturated carbocycles. The highest BCUT2D eigenvalue weighted by atomic mass is 35.5. The number of halogens is 1. The number of amides is 1. The summed E-state index contributed by atoms with van der Waals surface area (Å²) in [7, 11) is 0. The van der Waals surface area contributed by atoms with Crippen LogP contribution in [0, 0.1) is 6.92 Å². The number of rotatable bonds is 3. The number of nitrogens with one attached hydrogen (secondary N) is 1. The summed E-state index contributed by atoms with van der Waals surface area (Å²) in [6.07, 6.45) is 2.55. The van der Waals surface area contributed by atoms with Gasteiger partial charge in [-0.15, -0.1) is 11.6 Å². The number of anilines is 1. The van der Waals surface area contributed by atoms with Crippen LogP contribution in [0.4, 0.5) is 5.69 Å². The smallest absolute Gasteiger partial charge is 0.225 e. The van der Waals surface area contributed by atoms with Crippen molar-refractivity contribution in [3.63, 3.8) is 0 Å². The molecule has 0 spiro atoms. The molecular weight excluding hydrogens is 246 g/mol. The van der Waals surface area contributed by atoms with E-state index in [-0.39, 0.29) is 11.3 Å². The van der Waals surface area contributed by atoms with Crippen molar-refractivity contribution >= 4 is 23.2 Å². The topological polar surface area (TPSA) is 29.1 Å². The lowest BCUT2D eigenvalue weighted by Gasteiger charge is -2.33. The molecule has 0 radical (unpaired) electrons. The van der Waals surface area contributed by atoms with Gasteiger partial charge in [0.2, 0.25) is 5.91 Å². The van der Waals surface area contributed by atoms with Crippen LogP contribution in [0.5, 0.6) is 0 Å². The number of hydrogen-bond acceptors (Lipinski definition) is 1. The summed E-state index contributed by atoms with van der Waals surface area (Å²) < 4.78 is 0. The number of carbonyl (C=O) groups is 1. The first-order valence-electron chi connectivity index (χ1n) is 6.44. The van der Waals surface area contributed by atoms with E-state index in [0.717, 1.165) is 24.1 Å². The second-order valence-electron chi connectivity index (χ2n) is 5.74. The predicted octanol–water partition coefficient (Wildman–Crippen LogP) is 3.79. The van der Waals surface area contributed by atoms with Crippen molar-refractivity contribution in [3.05, 3.63) is 28.8 Å². The standard InChI is InChI=1S/C15H20ClNO/c1-10-7-11(5-4-6-16)8-12-14(10)17-13(18)9-15(12,2)3/h7-8H,4-6,9H2,1-3H3,(H,17,18). The Labute approximate surface area is 114 Å². The van der Waals surface area contributed by atoms with Gasteiger partial charge in [-0.25, -0.2) is 0 Å². The van der Waals surface area contributed by atoms with Gasteiger partial charge in [0.15, 0.2) is 0 Å². The third-order valence-corrected chi connectivity index (χ3v) is 3.86. The molecule has 1 aliphatic rings. The molecule has 1 aliphatic heterocycles. The summed E-state index contributed by atoms with van der Waals surface area (Å²) in [5.41, 5.74) is 4.64. The number of fused-ring (bicyclic) bond motifs is 1. The van der Waals surface area contributed by atoms with E-state index < -0.39 is 0 Å². The van der Waals surface area contributed by atoms with Crippen molar-refractivity contribution in [3.8, 4) is 0 Å². The number of hydrogen-bond donors (Lipinski definition) is 1. The molecule has 98 valence electrons. The molecular formula is C15H20ClNO. The second kappa shape index (κ2) is 4.93. The van der Waals surface area contributed by atoms with Crippen molar-refractivity contribution in [2.75, 3.05) is 11.2 Å². The van der Waals surface area contributed by atoms with Gasteiger partial charge in [-0.1, -0.05) is 26.0 Å². The zero-order valence-electron chi connectivity index (χ0n) is 11.3. The number of carbonyl (C=O) groups excluding carboxylic acids is 1. The summed E-state index contributed by atoms with van der Waals surface area (Å²) in [5.74, 6) is 0.806. The molecule has 0 atom stereocenters. The first kappa shape index (κ1) is 13.4. The fourth-order valence-corrected chi connectivity index (χ4v) is 2.79. The Morgan fingerprint density at radius 2 is 2.11 bits per heavy atom. The lowest BCUT2D eigenvalue weighted by atomic mass is 9.76. The van der Waals surface area contributed by atoms with Gasteiger partial charge in [0, 0.05) is 23.4 Å². The van der Waals surface area contributed by atoms with Gasteiger partial charge < -0.3 is 5.32 Å². The Hall–Kier alpha value is -1.02. The van der Waals surface area contributed by atoms with Gasteiger partial charge in [0.05, 0.1) is 0 Å². The minimum Gasteiger partial charge on any atom is -0.326 e. The highest BCUT2D eigenvalue weighted by Gasteiger charge is 2.32. The third kappa shape index (κ3) is 2.54. The van der Waals surface area contributed by atoms with Crippen LogP contribution in [0.1, 0.15) is 43.4 Å². The van der Waals surface area contributed by atoms with Crippen LogP contribution in [0.25, 0.3) is 0 Å². The van der Waals surface area contributed by atoms with Crippen LogP contribution >= 0.6 is 11.6 Å². The van der Waals surface area contributed by atoms with Crippen LogP contribution in [0.2, 0.25) is 0 Å². The van der Waals surface area contributed by atoms with Crippen molar-refractivity contribution in [2.45, 2.75) is 45.4 Å². The van der Waals surface area contributed by atoms with Crippen molar-refractivity contribution < 1.29 is 4.79 Å². The van der Waals surface area contributed by atoms with E-state index in [9.17, 15) is 4.79 Å². The minimum absolute atomic E-state index is 0.0839. The highest BCUT2D eigenvalue weighted by Crippen LogP contribution is 2.39. The average molecular weight is 266 g/mol. The third-order valence-electron chi connectivity index (χ3n) is 3.59. The molecule has 1 N–H and O–H groups in total. The molecule has 1 amide bonds.